The number of primary amides is 1. The van der Waals surface area contributed by atoms with E-state index in [4.69, 9.17) is 10.6 Å². The fourth-order valence-corrected chi connectivity index (χ4v) is 3.51. The molecule has 0 fully saturated rings. The minimum atomic E-state index is -0.551. The topological polar surface area (TPSA) is 126 Å². The van der Waals surface area contributed by atoms with E-state index in [1.54, 1.807) is 0 Å². The first-order valence-corrected chi connectivity index (χ1v) is 11.0. The molecule has 8 nitrogen and oxygen atoms in total. The highest BCUT2D eigenvalue weighted by Crippen LogP contribution is 2.23. The van der Waals surface area contributed by atoms with Gasteiger partial charge in [0.1, 0.15) is 5.69 Å². The molecule has 0 saturated carbocycles. The molecule has 2 aromatic carbocycles. The van der Waals surface area contributed by atoms with Gasteiger partial charge in [0, 0.05) is 23.9 Å². The summed E-state index contributed by atoms with van der Waals surface area (Å²) in [7, 11) is 0. The number of carbonyl (C=O) groups excluding carboxylic acids is 3. The molecule has 3 amide bonds. The van der Waals surface area contributed by atoms with E-state index < -0.39 is 5.91 Å². The Morgan fingerprint density at radius 3 is 2.52 bits per heavy atom. The van der Waals surface area contributed by atoms with Gasteiger partial charge in [0.05, 0.1) is 13.0 Å². The van der Waals surface area contributed by atoms with Crippen molar-refractivity contribution in [2.24, 2.45) is 5.73 Å². The second kappa shape index (κ2) is 12.4. The van der Waals surface area contributed by atoms with Crippen LogP contribution in [0.25, 0.3) is 10.9 Å². The van der Waals surface area contributed by atoms with E-state index in [1.165, 1.54) is 6.42 Å². The Labute approximate surface area is 192 Å². The van der Waals surface area contributed by atoms with Crippen LogP contribution in [0.4, 0.5) is 0 Å². The highest BCUT2D eigenvalue weighted by molar-refractivity contribution is 6.00. The second-order valence-corrected chi connectivity index (χ2v) is 7.70. The summed E-state index contributed by atoms with van der Waals surface area (Å²) in [6, 6.07) is 17.1. The van der Waals surface area contributed by atoms with Gasteiger partial charge in [-0.1, -0.05) is 55.0 Å². The molecule has 0 saturated heterocycles. The molecule has 8 heteroatoms. The van der Waals surface area contributed by atoms with Crippen LogP contribution in [0.3, 0.4) is 0 Å². The number of hydrogen-bond donors (Lipinski definition) is 4. The van der Waals surface area contributed by atoms with Crippen LogP contribution in [0.15, 0.2) is 54.6 Å². The molecule has 1 radical (unpaired) electrons. The summed E-state index contributed by atoms with van der Waals surface area (Å²) in [5, 5.41) is 3.71. The van der Waals surface area contributed by atoms with Crippen LogP contribution in [0.1, 0.15) is 47.3 Å². The molecule has 3 aromatic rings. The number of nitrogens with one attached hydrogen (secondary N) is 3. The first-order chi connectivity index (χ1) is 16.0. The van der Waals surface area contributed by atoms with Gasteiger partial charge in [-0.05, 0) is 36.5 Å². The number of fused-ring (bicyclic) bond motifs is 1. The molecule has 0 atom stereocenters. The number of hydrogen-bond acceptors (Lipinski definition) is 4. The molecule has 1 heterocycles. The number of hydroxylamine groups is 1. The third-order valence-electron chi connectivity index (χ3n) is 5.20. The Morgan fingerprint density at radius 2 is 1.73 bits per heavy atom. The molecule has 0 aliphatic heterocycles. The van der Waals surface area contributed by atoms with Crippen LogP contribution in [-0.2, 0) is 27.5 Å². The van der Waals surface area contributed by atoms with Crippen molar-refractivity contribution in [3.05, 3.63) is 77.8 Å². The predicted molar refractivity (Wildman–Crippen MR) is 126 cm³/mol. The average Bonchev–Trinajstić information content (AvgIpc) is 3.19. The first-order valence-electron chi connectivity index (χ1n) is 11.0. The summed E-state index contributed by atoms with van der Waals surface area (Å²) in [6.07, 6.45) is 4.46. The largest absolute Gasteiger partial charge is 0.364 e. The van der Waals surface area contributed by atoms with Gasteiger partial charge in [-0.25, -0.2) is 5.48 Å². The van der Waals surface area contributed by atoms with Crippen molar-refractivity contribution < 1.29 is 19.2 Å². The smallest absolute Gasteiger partial charge is 0.265 e. The van der Waals surface area contributed by atoms with Crippen molar-refractivity contribution in [1.82, 2.24) is 15.8 Å². The van der Waals surface area contributed by atoms with Gasteiger partial charge >= 0.3 is 0 Å². The van der Waals surface area contributed by atoms with Crippen LogP contribution in [0.5, 0.6) is 0 Å². The number of H-pyrrole nitrogens is 1. The fourth-order valence-electron chi connectivity index (χ4n) is 3.51. The zero-order valence-corrected chi connectivity index (χ0v) is 18.4. The molecule has 33 heavy (non-hydrogen) atoms. The Balaban J connectivity index is 1.28. The minimum absolute atomic E-state index is 0.160. The van der Waals surface area contributed by atoms with E-state index in [1.807, 2.05) is 54.6 Å². The van der Waals surface area contributed by atoms with E-state index in [-0.39, 0.29) is 11.8 Å². The monoisotopic (exact) mass is 449 g/mol. The number of amides is 3. The van der Waals surface area contributed by atoms with E-state index in [0.29, 0.717) is 43.7 Å². The molecule has 0 spiro atoms. The predicted octanol–water partition coefficient (Wildman–Crippen LogP) is 2.94. The Bertz CT molecular complexity index is 1080. The standard InChI is InChI=1S/C25H29N4O4/c26-25(32)24-20(19-11-6-7-12-21(19)28-24)14-15-22(30)27-16-8-2-5-13-23(31)29-33-17-18-9-3-1-4-10-18/h1,3-4,6-7,9-12,15,28H,2,5,8,13-14,16-17H2,(H2,26,32)(H,27,30)(H,29,31). The van der Waals surface area contributed by atoms with Crippen LogP contribution in [0, 0.1) is 6.42 Å². The van der Waals surface area contributed by atoms with E-state index in [9.17, 15) is 14.4 Å². The van der Waals surface area contributed by atoms with Crippen molar-refractivity contribution in [2.45, 2.75) is 38.7 Å². The summed E-state index contributed by atoms with van der Waals surface area (Å²) in [5.74, 6) is -0.917. The summed E-state index contributed by atoms with van der Waals surface area (Å²) in [5.41, 5.74) is 10.8. The summed E-state index contributed by atoms with van der Waals surface area (Å²) >= 11 is 0. The van der Waals surface area contributed by atoms with Crippen LogP contribution in [-0.4, -0.2) is 29.3 Å². The Hall–Kier alpha value is -3.65. The average molecular weight is 450 g/mol. The molecule has 0 unspecified atom stereocenters. The lowest BCUT2D eigenvalue weighted by Crippen LogP contribution is -2.26. The summed E-state index contributed by atoms with van der Waals surface area (Å²) in [4.78, 5) is 43.9. The number of nitrogens with two attached hydrogens (primary N) is 1. The molecule has 0 bridgehead atoms. The number of unbranched alkanes of at least 4 members (excludes halogenated alkanes) is 2. The Morgan fingerprint density at radius 1 is 0.970 bits per heavy atom. The lowest BCUT2D eigenvalue weighted by molar-refractivity contribution is -0.134. The summed E-state index contributed by atoms with van der Waals surface area (Å²) in [6.45, 7) is 0.840. The van der Waals surface area contributed by atoms with Crippen LogP contribution >= 0.6 is 0 Å². The number of aromatic nitrogens is 1. The molecule has 1 aromatic heterocycles. The molecule has 0 aliphatic carbocycles. The van der Waals surface area contributed by atoms with E-state index in [0.717, 1.165) is 29.3 Å². The maximum absolute atomic E-state index is 12.2. The van der Waals surface area contributed by atoms with Gasteiger partial charge < -0.3 is 16.0 Å². The number of aromatic amines is 1. The third-order valence-corrected chi connectivity index (χ3v) is 5.20. The highest BCUT2D eigenvalue weighted by atomic mass is 16.6. The van der Waals surface area contributed by atoms with E-state index in [2.05, 4.69) is 15.8 Å². The fraction of sp³-hybridized carbons (Fsp3) is 0.280. The van der Waals surface area contributed by atoms with Crippen LogP contribution in [0.2, 0.25) is 0 Å². The maximum Gasteiger partial charge on any atom is 0.265 e. The molecule has 3 rings (SSSR count). The normalized spacial score (nSPS) is 10.8. The van der Waals surface area contributed by atoms with Crippen molar-refractivity contribution in [3.63, 3.8) is 0 Å². The number of para-hydroxylation sites is 1. The lowest BCUT2D eigenvalue weighted by Gasteiger charge is -2.07. The highest BCUT2D eigenvalue weighted by Gasteiger charge is 2.16. The van der Waals surface area contributed by atoms with Gasteiger partial charge in [0.2, 0.25) is 11.8 Å². The number of benzene rings is 2. The minimum Gasteiger partial charge on any atom is -0.364 e. The quantitative estimate of drug-likeness (QED) is 0.236. The van der Waals surface area contributed by atoms with Crippen molar-refractivity contribution in [1.29, 1.82) is 0 Å². The zero-order chi connectivity index (χ0) is 23.5. The van der Waals surface area contributed by atoms with Crippen molar-refractivity contribution in [3.8, 4) is 0 Å². The molecular weight excluding hydrogens is 420 g/mol. The van der Waals surface area contributed by atoms with Crippen LogP contribution < -0.4 is 16.5 Å². The second-order valence-electron chi connectivity index (χ2n) is 7.70. The first kappa shape index (κ1) is 24.0. The maximum atomic E-state index is 12.2. The zero-order valence-electron chi connectivity index (χ0n) is 18.4. The molecule has 173 valence electrons. The molecule has 0 aliphatic rings. The number of rotatable bonds is 13. The van der Waals surface area contributed by atoms with Gasteiger partial charge in [0.15, 0.2) is 0 Å². The Kier molecular flexibility index (Phi) is 9.02. The lowest BCUT2D eigenvalue weighted by atomic mass is 10.0. The molecule has 5 N–H and O–H groups in total. The molecular formula is C25H29N4O4. The van der Waals surface area contributed by atoms with Gasteiger partial charge in [-0.2, -0.15) is 0 Å². The number of carbonyl (C=O) groups is 3. The van der Waals surface area contributed by atoms with Crippen molar-refractivity contribution in [2.75, 3.05) is 6.54 Å². The summed E-state index contributed by atoms with van der Waals surface area (Å²) < 4.78 is 0. The third kappa shape index (κ3) is 7.47. The van der Waals surface area contributed by atoms with Gasteiger partial charge in [-0.15, -0.1) is 0 Å². The van der Waals surface area contributed by atoms with Gasteiger partial charge in [-0.3, -0.25) is 19.2 Å². The van der Waals surface area contributed by atoms with Gasteiger partial charge in [0.25, 0.3) is 5.91 Å². The van der Waals surface area contributed by atoms with E-state index >= 15 is 0 Å². The SMILES string of the molecule is NC(=O)c1[nH]c2ccccc2c1C[CH]C(=O)NCCCCCC(=O)NOCc1ccccc1. The van der Waals surface area contributed by atoms with Crippen molar-refractivity contribution >= 4 is 28.6 Å².